The molecule has 0 aliphatic heterocycles. The standard InChI is InChI=1S/C12H28BN/c1-4-5-8-12(13-11(2)3)9-6-7-10-14/h11-13H,4-10,14H2,1-3H3. The molecule has 1 atom stereocenters. The van der Waals surface area contributed by atoms with E-state index in [1.54, 1.807) is 0 Å². The Morgan fingerprint density at radius 3 is 2.21 bits per heavy atom. The molecule has 0 aromatic heterocycles. The molecule has 2 N–H and O–H groups in total. The quantitative estimate of drug-likeness (QED) is 0.445. The van der Waals surface area contributed by atoms with Crippen LogP contribution in [0.1, 0.15) is 59.3 Å². The maximum absolute atomic E-state index is 5.52. The Balaban J connectivity index is 3.61. The molecule has 0 radical (unpaired) electrons. The number of rotatable bonds is 9. The van der Waals surface area contributed by atoms with Crippen LogP contribution in [-0.4, -0.2) is 13.8 Å². The van der Waals surface area contributed by atoms with E-state index in [1.807, 2.05) is 0 Å². The second-order valence-corrected chi connectivity index (χ2v) is 4.92. The zero-order valence-electron chi connectivity index (χ0n) is 10.4. The lowest BCUT2D eigenvalue weighted by Crippen LogP contribution is -2.08. The molecule has 0 rings (SSSR count). The summed E-state index contributed by atoms with van der Waals surface area (Å²) in [4.78, 5) is 0. The van der Waals surface area contributed by atoms with Gasteiger partial charge in [0, 0.05) is 0 Å². The third-order valence-corrected chi connectivity index (χ3v) is 2.84. The van der Waals surface area contributed by atoms with Crippen LogP contribution in [0.3, 0.4) is 0 Å². The SMILES string of the molecule is CCCCC(BC(C)C)CCCCN. The van der Waals surface area contributed by atoms with E-state index < -0.39 is 0 Å². The van der Waals surface area contributed by atoms with E-state index in [0.717, 1.165) is 18.2 Å². The summed E-state index contributed by atoms with van der Waals surface area (Å²) in [5.41, 5.74) is 5.52. The van der Waals surface area contributed by atoms with E-state index >= 15 is 0 Å². The maximum atomic E-state index is 5.52. The highest BCUT2D eigenvalue weighted by atomic mass is 14.5. The maximum Gasteiger partial charge on any atom is 0.126 e. The van der Waals surface area contributed by atoms with Crippen LogP contribution >= 0.6 is 0 Å². The molecule has 0 aromatic rings. The fourth-order valence-electron chi connectivity index (χ4n) is 2.12. The Morgan fingerprint density at radius 1 is 1.07 bits per heavy atom. The summed E-state index contributed by atoms with van der Waals surface area (Å²) in [7, 11) is 1.41. The predicted octanol–water partition coefficient (Wildman–Crippen LogP) is 3.36. The molecule has 0 bridgehead atoms. The molecule has 0 aromatic carbocycles. The summed E-state index contributed by atoms with van der Waals surface area (Å²) in [6.07, 6.45) is 8.11. The van der Waals surface area contributed by atoms with E-state index in [0.29, 0.717) is 0 Å². The molecule has 0 aliphatic carbocycles. The molecule has 0 spiro atoms. The van der Waals surface area contributed by atoms with Gasteiger partial charge in [0.2, 0.25) is 0 Å². The summed E-state index contributed by atoms with van der Waals surface area (Å²) in [6, 6.07) is 0. The Hall–Kier alpha value is 0.0249. The molecule has 0 saturated heterocycles. The van der Waals surface area contributed by atoms with Crippen molar-refractivity contribution in [2.75, 3.05) is 6.54 Å². The van der Waals surface area contributed by atoms with Crippen LogP contribution in [0.25, 0.3) is 0 Å². The highest BCUT2D eigenvalue weighted by Crippen LogP contribution is 2.24. The van der Waals surface area contributed by atoms with Crippen molar-refractivity contribution in [1.29, 1.82) is 0 Å². The van der Waals surface area contributed by atoms with Crippen molar-refractivity contribution in [1.82, 2.24) is 0 Å². The van der Waals surface area contributed by atoms with Crippen LogP contribution in [0, 0.1) is 0 Å². The first-order valence-electron chi connectivity index (χ1n) is 6.40. The fraction of sp³-hybridized carbons (Fsp3) is 1.00. The Labute approximate surface area is 91.1 Å². The Bertz CT molecular complexity index is 115. The third-order valence-electron chi connectivity index (χ3n) is 2.84. The molecule has 0 saturated carbocycles. The second-order valence-electron chi connectivity index (χ2n) is 4.92. The van der Waals surface area contributed by atoms with E-state index in [-0.39, 0.29) is 0 Å². The van der Waals surface area contributed by atoms with E-state index in [2.05, 4.69) is 20.8 Å². The van der Waals surface area contributed by atoms with Gasteiger partial charge in [-0.15, -0.1) is 0 Å². The van der Waals surface area contributed by atoms with Gasteiger partial charge in [-0.25, -0.2) is 0 Å². The Kier molecular flexibility index (Phi) is 9.59. The van der Waals surface area contributed by atoms with Crippen molar-refractivity contribution in [3.05, 3.63) is 0 Å². The molecule has 1 unspecified atom stereocenters. The van der Waals surface area contributed by atoms with Crippen LogP contribution in [0.2, 0.25) is 11.6 Å². The van der Waals surface area contributed by atoms with Gasteiger partial charge in [0.1, 0.15) is 7.28 Å². The number of hydrogen-bond acceptors (Lipinski definition) is 1. The predicted molar refractivity (Wildman–Crippen MR) is 68.4 cm³/mol. The summed E-state index contributed by atoms with van der Waals surface area (Å²) < 4.78 is 0. The molecule has 0 heterocycles. The van der Waals surface area contributed by atoms with Gasteiger partial charge in [0.05, 0.1) is 0 Å². The molecular weight excluding hydrogens is 169 g/mol. The van der Waals surface area contributed by atoms with Gasteiger partial charge in [-0.3, -0.25) is 0 Å². The van der Waals surface area contributed by atoms with Gasteiger partial charge in [-0.05, 0) is 13.0 Å². The molecular formula is C12H28BN. The lowest BCUT2D eigenvalue weighted by Gasteiger charge is -2.17. The van der Waals surface area contributed by atoms with Gasteiger partial charge in [0.25, 0.3) is 0 Å². The van der Waals surface area contributed by atoms with Gasteiger partial charge in [-0.2, -0.15) is 0 Å². The smallest absolute Gasteiger partial charge is 0.126 e. The monoisotopic (exact) mass is 197 g/mol. The average molecular weight is 197 g/mol. The first-order valence-corrected chi connectivity index (χ1v) is 6.40. The van der Waals surface area contributed by atoms with E-state index in [4.69, 9.17) is 5.73 Å². The minimum Gasteiger partial charge on any atom is -0.330 e. The number of nitrogens with two attached hydrogens (primary N) is 1. The summed E-state index contributed by atoms with van der Waals surface area (Å²) in [6.45, 7) is 7.82. The van der Waals surface area contributed by atoms with E-state index in [9.17, 15) is 0 Å². The molecule has 0 amide bonds. The fourth-order valence-corrected chi connectivity index (χ4v) is 2.12. The highest BCUT2D eigenvalue weighted by molar-refractivity contribution is 6.39. The largest absolute Gasteiger partial charge is 0.330 e. The van der Waals surface area contributed by atoms with Gasteiger partial charge in [-0.1, -0.05) is 64.5 Å². The average Bonchev–Trinajstić information content (AvgIpc) is 2.13. The van der Waals surface area contributed by atoms with E-state index in [1.165, 1.54) is 45.8 Å². The van der Waals surface area contributed by atoms with Gasteiger partial charge in [0.15, 0.2) is 0 Å². The van der Waals surface area contributed by atoms with Crippen molar-refractivity contribution in [3.8, 4) is 0 Å². The summed E-state index contributed by atoms with van der Waals surface area (Å²) in [5, 5.41) is 0. The molecule has 0 fully saturated rings. The first-order chi connectivity index (χ1) is 6.70. The zero-order chi connectivity index (χ0) is 10.8. The lowest BCUT2D eigenvalue weighted by atomic mass is 9.53. The van der Waals surface area contributed by atoms with Crippen molar-refractivity contribution in [2.24, 2.45) is 5.73 Å². The Morgan fingerprint density at radius 2 is 1.71 bits per heavy atom. The molecule has 84 valence electrons. The van der Waals surface area contributed by atoms with Crippen LogP contribution in [0.5, 0.6) is 0 Å². The molecule has 2 heteroatoms. The molecule has 0 aliphatic rings. The van der Waals surface area contributed by atoms with Gasteiger partial charge < -0.3 is 5.73 Å². The first kappa shape index (κ1) is 14.0. The van der Waals surface area contributed by atoms with Crippen LogP contribution < -0.4 is 5.73 Å². The van der Waals surface area contributed by atoms with Crippen LogP contribution in [-0.2, 0) is 0 Å². The van der Waals surface area contributed by atoms with Crippen LogP contribution in [0.4, 0.5) is 0 Å². The second kappa shape index (κ2) is 9.58. The topological polar surface area (TPSA) is 26.0 Å². The van der Waals surface area contributed by atoms with Crippen LogP contribution in [0.15, 0.2) is 0 Å². The van der Waals surface area contributed by atoms with Gasteiger partial charge >= 0.3 is 0 Å². The minimum absolute atomic E-state index is 0.856. The van der Waals surface area contributed by atoms with Crippen molar-refractivity contribution in [3.63, 3.8) is 0 Å². The normalized spacial score (nSPS) is 13.2. The zero-order valence-corrected chi connectivity index (χ0v) is 10.4. The lowest BCUT2D eigenvalue weighted by molar-refractivity contribution is 0.584. The van der Waals surface area contributed by atoms with Crippen molar-refractivity contribution >= 4 is 7.28 Å². The van der Waals surface area contributed by atoms with Crippen molar-refractivity contribution in [2.45, 2.75) is 70.9 Å². The minimum atomic E-state index is 0.856. The summed E-state index contributed by atoms with van der Waals surface area (Å²) >= 11 is 0. The third kappa shape index (κ3) is 8.62. The van der Waals surface area contributed by atoms with Crippen molar-refractivity contribution < 1.29 is 0 Å². The highest BCUT2D eigenvalue weighted by Gasteiger charge is 2.11. The number of hydrogen-bond donors (Lipinski definition) is 1. The summed E-state index contributed by atoms with van der Waals surface area (Å²) in [5.74, 6) is 1.82. The number of unbranched alkanes of at least 4 members (excludes halogenated alkanes) is 2. The molecule has 14 heavy (non-hydrogen) atoms. The molecule has 1 nitrogen and oxygen atoms in total.